The first kappa shape index (κ1) is 23.0. The van der Waals surface area contributed by atoms with Crippen LogP contribution in [0.3, 0.4) is 0 Å². The quantitative estimate of drug-likeness (QED) is 0.654. The van der Waals surface area contributed by atoms with Crippen LogP contribution in [-0.2, 0) is 16.1 Å². The number of halogens is 2. The van der Waals surface area contributed by atoms with Crippen molar-refractivity contribution in [3.05, 3.63) is 63.6 Å². The Morgan fingerprint density at radius 2 is 1.69 bits per heavy atom. The van der Waals surface area contributed by atoms with E-state index in [2.05, 4.69) is 19.2 Å². The molecule has 0 bridgehead atoms. The highest BCUT2D eigenvalue weighted by atomic mass is 35.5. The van der Waals surface area contributed by atoms with Gasteiger partial charge in [-0.2, -0.15) is 0 Å². The lowest BCUT2D eigenvalue weighted by Gasteiger charge is -2.28. The van der Waals surface area contributed by atoms with E-state index in [9.17, 15) is 9.59 Å². The lowest BCUT2D eigenvalue weighted by molar-refractivity contribution is -0.142. The first-order valence-electron chi connectivity index (χ1n) is 9.40. The molecule has 0 aromatic heterocycles. The molecular formula is C22H26Cl2N2O3. The van der Waals surface area contributed by atoms with Gasteiger partial charge >= 0.3 is 0 Å². The zero-order chi connectivity index (χ0) is 21.6. The van der Waals surface area contributed by atoms with Gasteiger partial charge in [-0.15, -0.1) is 0 Å². The molecule has 0 aliphatic rings. The molecule has 7 heteroatoms. The van der Waals surface area contributed by atoms with Crippen LogP contribution in [0.5, 0.6) is 5.75 Å². The van der Waals surface area contributed by atoms with Gasteiger partial charge in [0.15, 0.2) is 6.61 Å². The van der Waals surface area contributed by atoms with E-state index in [1.165, 1.54) is 17.5 Å². The Morgan fingerprint density at radius 1 is 1.03 bits per heavy atom. The number of nitrogens with one attached hydrogen (secondary N) is 1. The molecule has 1 atom stereocenters. The van der Waals surface area contributed by atoms with Gasteiger partial charge in [0.1, 0.15) is 11.8 Å². The number of rotatable bonds is 8. The fraction of sp³-hybridized carbons (Fsp3) is 0.364. The van der Waals surface area contributed by atoms with E-state index < -0.39 is 6.04 Å². The summed E-state index contributed by atoms with van der Waals surface area (Å²) < 4.78 is 5.66. The first-order chi connectivity index (χ1) is 13.7. The summed E-state index contributed by atoms with van der Waals surface area (Å²) in [6.07, 6.45) is 0. The van der Waals surface area contributed by atoms with Gasteiger partial charge in [0.25, 0.3) is 5.91 Å². The highest BCUT2D eigenvalue weighted by Crippen LogP contribution is 2.24. The van der Waals surface area contributed by atoms with Crippen LogP contribution in [0.25, 0.3) is 0 Å². The van der Waals surface area contributed by atoms with Gasteiger partial charge in [0, 0.05) is 13.6 Å². The summed E-state index contributed by atoms with van der Waals surface area (Å²) in [6.45, 7) is 5.93. The Balaban J connectivity index is 2.13. The maximum Gasteiger partial charge on any atom is 0.261 e. The van der Waals surface area contributed by atoms with E-state index in [0.29, 0.717) is 21.7 Å². The van der Waals surface area contributed by atoms with E-state index in [0.717, 1.165) is 5.56 Å². The third-order valence-electron chi connectivity index (χ3n) is 4.66. The molecule has 0 unspecified atom stereocenters. The average Bonchev–Trinajstić information content (AvgIpc) is 2.71. The second kappa shape index (κ2) is 10.5. The normalized spacial score (nSPS) is 11.8. The van der Waals surface area contributed by atoms with Gasteiger partial charge in [-0.25, -0.2) is 0 Å². The van der Waals surface area contributed by atoms with Crippen molar-refractivity contribution in [1.82, 2.24) is 10.2 Å². The molecular weight excluding hydrogens is 411 g/mol. The third kappa shape index (κ3) is 6.38. The summed E-state index contributed by atoms with van der Waals surface area (Å²) in [5.41, 5.74) is 1.96. The highest BCUT2D eigenvalue weighted by Gasteiger charge is 2.26. The van der Waals surface area contributed by atoms with E-state index in [1.807, 2.05) is 24.3 Å². The van der Waals surface area contributed by atoms with Crippen molar-refractivity contribution in [1.29, 1.82) is 0 Å². The predicted octanol–water partition coefficient (Wildman–Crippen LogP) is 4.66. The van der Waals surface area contributed by atoms with Crippen LogP contribution in [0.1, 0.15) is 37.8 Å². The van der Waals surface area contributed by atoms with E-state index >= 15 is 0 Å². The van der Waals surface area contributed by atoms with Crippen LogP contribution in [0, 0.1) is 0 Å². The minimum atomic E-state index is -0.672. The molecule has 156 valence electrons. The minimum absolute atomic E-state index is 0.177. The monoisotopic (exact) mass is 436 g/mol. The molecule has 0 radical (unpaired) electrons. The Morgan fingerprint density at radius 3 is 2.24 bits per heavy atom. The number of hydrogen-bond donors (Lipinski definition) is 1. The molecule has 0 fully saturated rings. The fourth-order valence-electron chi connectivity index (χ4n) is 2.80. The molecule has 0 aliphatic heterocycles. The molecule has 0 saturated carbocycles. The Labute approximate surface area is 181 Å². The molecule has 2 amide bonds. The van der Waals surface area contributed by atoms with Gasteiger partial charge in [0.05, 0.1) is 10.0 Å². The van der Waals surface area contributed by atoms with E-state index in [1.54, 1.807) is 25.1 Å². The van der Waals surface area contributed by atoms with Crippen LogP contribution < -0.4 is 10.1 Å². The van der Waals surface area contributed by atoms with E-state index in [4.69, 9.17) is 27.9 Å². The summed E-state index contributed by atoms with van der Waals surface area (Å²) in [5.74, 6) is 0.449. The molecule has 5 nitrogen and oxygen atoms in total. The average molecular weight is 437 g/mol. The van der Waals surface area contributed by atoms with Crippen molar-refractivity contribution in [2.75, 3.05) is 13.7 Å². The number of amides is 2. The molecule has 0 saturated heterocycles. The van der Waals surface area contributed by atoms with Crippen molar-refractivity contribution in [2.45, 2.75) is 39.3 Å². The Hall–Kier alpha value is -2.24. The molecule has 2 aromatic carbocycles. The molecule has 0 aliphatic carbocycles. The van der Waals surface area contributed by atoms with Gasteiger partial charge in [-0.3, -0.25) is 9.59 Å². The number of likely N-dealkylation sites (N-methyl/N-ethyl adjacent to an activating group) is 1. The van der Waals surface area contributed by atoms with Crippen LogP contribution in [0.4, 0.5) is 0 Å². The van der Waals surface area contributed by atoms with Crippen molar-refractivity contribution in [3.63, 3.8) is 0 Å². The van der Waals surface area contributed by atoms with Crippen LogP contribution in [-0.4, -0.2) is 36.4 Å². The smallest absolute Gasteiger partial charge is 0.261 e. The topological polar surface area (TPSA) is 58.6 Å². The zero-order valence-corrected chi connectivity index (χ0v) is 18.6. The molecule has 29 heavy (non-hydrogen) atoms. The van der Waals surface area contributed by atoms with Gasteiger partial charge in [-0.05, 0) is 48.2 Å². The number of benzene rings is 2. The molecule has 0 heterocycles. The number of nitrogens with zero attached hydrogens (tertiary/aromatic N) is 1. The largest absolute Gasteiger partial charge is 0.484 e. The van der Waals surface area contributed by atoms with Gasteiger partial charge < -0.3 is 15.0 Å². The highest BCUT2D eigenvalue weighted by molar-refractivity contribution is 6.42. The van der Waals surface area contributed by atoms with Crippen LogP contribution in [0.2, 0.25) is 10.0 Å². The molecule has 1 N–H and O–H groups in total. The SMILES string of the molecule is CNC(=O)[C@@H](C)N(Cc1ccc(Cl)c(Cl)c1)C(=O)COc1ccc(C(C)C)cc1. The summed E-state index contributed by atoms with van der Waals surface area (Å²) in [6, 6.07) is 12.1. The number of carbonyl (C=O) groups is 2. The van der Waals surface area contributed by atoms with Crippen LogP contribution >= 0.6 is 23.2 Å². The molecule has 2 aromatic rings. The number of ether oxygens (including phenoxy) is 1. The summed E-state index contributed by atoms with van der Waals surface area (Å²) in [5, 5.41) is 3.40. The Kier molecular flexibility index (Phi) is 8.35. The summed E-state index contributed by atoms with van der Waals surface area (Å²) in [4.78, 5) is 26.5. The van der Waals surface area contributed by atoms with Gasteiger partial charge in [0.2, 0.25) is 5.91 Å². The zero-order valence-electron chi connectivity index (χ0n) is 17.0. The summed E-state index contributed by atoms with van der Waals surface area (Å²) >= 11 is 12.0. The second-order valence-electron chi connectivity index (χ2n) is 7.07. The van der Waals surface area contributed by atoms with Gasteiger partial charge in [-0.1, -0.05) is 55.2 Å². The lowest BCUT2D eigenvalue weighted by atomic mass is 10.0. The van der Waals surface area contributed by atoms with Crippen molar-refractivity contribution < 1.29 is 14.3 Å². The third-order valence-corrected chi connectivity index (χ3v) is 5.40. The molecule has 0 spiro atoms. The Bertz CT molecular complexity index is 854. The van der Waals surface area contributed by atoms with E-state index in [-0.39, 0.29) is 25.0 Å². The predicted molar refractivity (Wildman–Crippen MR) is 117 cm³/mol. The second-order valence-corrected chi connectivity index (χ2v) is 7.89. The standard InChI is InChI=1S/C22H26Cl2N2O3/c1-14(2)17-6-8-18(9-7-17)29-13-21(27)26(15(3)22(28)25-4)12-16-5-10-19(23)20(24)11-16/h5-11,14-15H,12-13H2,1-4H3,(H,25,28)/t15-/m1/s1. The maximum absolute atomic E-state index is 12.9. The number of carbonyl (C=O) groups excluding carboxylic acids is 2. The lowest BCUT2D eigenvalue weighted by Crippen LogP contribution is -2.48. The first-order valence-corrected chi connectivity index (χ1v) is 10.2. The summed E-state index contributed by atoms with van der Waals surface area (Å²) in [7, 11) is 1.54. The van der Waals surface area contributed by atoms with Crippen molar-refractivity contribution >= 4 is 35.0 Å². The molecule has 2 rings (SSSR count). The van der Waals surface area contributed by atoms with Crippen LogP contribution in [0.15, 0.2) is 42.5 Å². The minimum Gasteiger partial charge on any atom is -0.484 e. The maximum atomic E-state index is 12.9. The number of hydrogen-bond acceptors (Lipinski definition) is 3. The van der Waals surface area contributed by atoms with Crippen molar-refractivity contribution in [3.8, 4) is 5.75 Å². The fourth-order valence-corrected chi connectivity index (χ4v) is 3.12. The van der Waals surface area contributed by atoms with Crippen molar-refractivity contribution in [2.24, 2.45) is 0 Å².